The number of carbonyl (C=O) groups excluding carboxylic acids is 1. The summed E-state index contributed by atoms with van der Waals surface area (Å²) in [7, 11) is 3.71. The molecular weight excluding hydrogens is 194 g/mol. The summed E-state index contributed by atoms with van der Waals surface area (Å²) in [6, 6.07) is 0. The van der Waals surface area contributed by atoms with E-state index < -0.39 is 0 Å². The highest BCUT2D eigenvalue weighted by molar-refractivity contribution is 5.76. The molecular formula is C10H21N3O2. The number of amides is 1. The molecule has 1 rings (SSSR count). The van der Waals surface area contributed by atoms with Crippen molar-refractivity contribution in [3.05, 3.63) is 0 Å². The van der Waals surface area contributed by atoms with E-state index in [4.69, 9.17) is 4.74 Å². The fraction of sp³-hybridized carbons (Fsp3) is 0.900. The maximum Gasteiger partial charge on any atom is 0.225 e. The molecule has 0 aliphatic carbocycles. The van der Waals surface area contributed by atoms with Gasteiger partial charge in [-0.25, -0.2) is 0 Å². The average Bonchev–Trinajstić information content (AvgIpc) is 2.27. The number of nitrogens with one attached hydrogen (secondary N) is 2. The van der Waals surface area contributed by atoms with Crippen LogP contribution in [0.4, 0.5) is 0 Å². The topological polar surface area (TPSA) is 53.6 Å². The van der Waals surface area contributed by atoms with Crippen molar-refractivity contribution in [2.75, 3.05) is 46.9 Å². The van der Waals surface area contributed by atoms with Gasteiger partial charge in [-0.15, -0.1) is 0 Å². The van der Waals surface area contributed by atoms with Crippen LogP contribution >= 0.6 is 0 Å². The Morgan fingerprint density at radius 3 is 3.07 bits per heavy atom. The van der Waals surface area contributed by atoms with Crippen LogP contribution in [0, 0.1) is 0 Å². The molecule has 1 atom stereocenters. The molecule has 0 aromatic rings. The molecule has 1 fully saturated rings. The number of carbonyl (C=O) groups is 1. The Bertz CT molecular complexity index is 193. The molecule has 15 heavy (non-hydrogen) atoms. The molecule has 1 amide bonds. The zero-order valence-corrected chi connectivity index (χ0v) is 9.58. The third kappa shape index (κ3) is 4.59. The monoisotopic (exact) mass is 215 g/mol. The number of nitrogens with zero attached hydrogens (tertiary/aromatic N) is 1. The highest BCUT2D eigenvalue weighted by Crippen LogP contribution is 2.03. The third-order valence-electron chi connectivity index (χ3n) is 2.53. The predicted octanol–water partition coefficient (Wildman–Crippen LogP) is -0.957. The van der Waals surface area contributed by atoms with Crippen molar-refractivity contribution in [3.63, 3.8) is 0 Å². The van der Waals surface area contributed by atoms with Crippen molar-refractivity contribution in [1.82, 2.24) is 15.5 Å². The van der Waals surface area contributed by atoms with Crippen molar-refractivity contribution in [3.8, 4) is 0 Å². The van der Waals surface area contributed by atoms with Gasteiger partial charge in [-0.05, 0) is 7.05 Å². The number of likely N-dealkylation sites (N-methyl/N-ethyl adjacent to an activating group) is 2. The molecule has 0 saturated carbocycles. The Hall–Kier alpha value is -0.650. The minimum atomic E-state index is 0.0447. The highest BCUT2D eigenvalue weighted by Gasteiger charge is 2.19. The third-order valence-corrected chi connectivity index (χ3v) is 2.53. The van der Waals surface area contributed by atoms with Crippen molar-refractivity contribution in [1.29, 1.82) is 0 Å². The van der Waals surface area contributed by atoms with Crippen LogP contribution < -0.4 is 10.6 Å². The number of morpholine rings is 1. The van der Waals surface area contributed by atoms with Crippen LogP contribution in [0.3, 0.4) is 0 Å². The second kappa shape index (κ2) is 6.76. The maximum atomic E-state index is 11.7. The summed E-state index contributed by atoms with van der Waals surface area (Å²) in [5.74, 6) is 0.152. The van der Waals surface area contributed by atoms with E-state index in [0.29, 0.717) is 13.0 Å². The Kier molecular flexibility index (Phi) is 5.60. The van der Waals surface area contributed by atoms with Crippen molar-refractivity contribution in [2.45, 2.75) is 12.5 Å². The van der Waals surface area contributed by atoms with Gasteiger partial charge in [-0.3, -0.25) is 4.79 Å². The van der Waals surface area contributed by atoms with Crippen LogP contribution in [-0.2, 0) is 9.53 Å². The van der Waals surface area contributed by atoms with Gasteiger partial charge < -0.3 is 20.3 Å². The van der Waals surface area contributed by atoms with E-state index in [-0.39, 0.29) is 12.0 Å². The maximum absolute atomic E-state index is 11.7. The zero-order chi connectivity index (χ0) is 11.1. The number of hydrogen-bond acceptors (Lipinski definition) is 4. The van der Waals surface area contributed by atoms with Gasteiger partial charge >= 0.3 is 0 Å². The van der Waals surface area contributed by atoms with Gasteiger partial charge in [0, 0.05) is 33.2 Å². The van der Waals surface area contributed by atoms with Crippen molar-refractivity contribution < 1.29 is 9.53 Å². The SMILES string of the molecule is CNCCN(C)C(=O)CC1CNCCO1. The lowest BCUT2D eigenvalue weighted by Crippen LogP contribution is -2.42. The van der Waals surface area contributed by atoms with Crippen LogP contribution in [0.1, 0.15) is 6.42 Å². The lowest BCUT2D eigenvalue weighted by atomic mass is 10.2. The first-order valence-corrected chi connectivity index (χ1v) is 5.45. The van der Waals surface area contributed by atoms with Gasteiger partial charge in [0.15, 0.2) is 0 Å². The Morgan fingerprint density at radius 2 is 2.47 bits per heavy atom. The molecule has 0 aromatic heterocycles. The van der Waals surface area contributed by atoms with Crippen LogP contribution in [0.2, 0.25) is 0 Å². The molecule has 5 nitrogen and oxygen atoms in total. The van der Waals surface area contributed by atoms with E-state index in [0.717, 1.165) is 26.2 Å². The van der Waals surface area contributed by atoms with Crippen LogP contribution in [-0.4, -0.2) is 63.8 Å². The quantitative estimate of drug-likeness (QED) is 0.620. The minimum Gasteiger partial charge on any atom is -0.375 e. The Labute approximate surface area is 91.2 Å². The van der Waals surface area contributed by atoms with Gasteiger partial charge in [0.25, 0.3) is 0 Å². The summed E-state index contributed by atoms with van der Waals surface area (Å²) in [6.07, 6.45) is 0.524. The van der Waals surface area contributed by atoms with Crippen molar-refractivity contribution in [2.24, 2.45) is 0 Å². The summed E-state index contributed by atoms with van der Waals surface area (Å²) >= 11 is 0. The average molecular weight is 215 g/mol. The van der Waals surface area contributed by atoms with Gasteiger partial charge in [0.05, 0.1) is 19.1 Å². The van der Waals surface area contributed by atoms with E-state index >= 15 is 0 Å². The van der Waals surface area contributed by atoms with Crippen LogP contribution in [0.5, 0.6) is 0 Å². The number of ether oxygens (including phenoxy) is 1. The molecule has 1 saturated heterocycles. The lowest BCUT2D eigenvalue weighted by Gasteiger charge is -2.25. The molecule has 1 aliphatic rings. The smallest absolute Gasteiger partial charge is 0.225 e. The molecule has 0 spiro atoms. The zero-order valence-electron chi connectivity index (χ0n) is 9.58. The molecule has 0 radical (unpaired) electrons. The number of rotatable bonds is 5. The second-order valence-electron chi connectivity index (χ2n) is 3.82. The largest absolute Gasteiger partial charge is 0.375 e. The fourth-order valence-electron chi connectivity index (χ4n) is 1.51. The van der Waals surface area contributed by atoms with E-state index in [2.05, 4.69) is 10.6 Å². The summed E-state index contributed by atoms with van der Waals surface area (Å²) < 4.78 is 5.48. The lowest BCUT2D eigenvalue weighted by molar-refractivity contribution is -0.133. The predicted molar refractivity (Wildman–Crippen MR) is 58.8 cm³/mol. The molecule has 5 heteroatoms. The Balaban J connectivity index is 2.20. The number of hydrogen-bond donors (Lipinski definition) is 2. The van der Waals surface area contributed by atoms with Gasteiger partial charge in [-0.2, -0.15) is 0 Å². The van der Waals surface area contributed by atoms with E-state index in [1.54, 1.807) is 4.90 Å². The summed E-state index contributed by atoms with van der Waals surface area (Å²) in [5, 5.41) is 6.23. The molecule has 0 bridgehead atoms. The molecule has 1 aliphatic heterocycles. The highest BCUT2D eigenvalue weighted by atomic mass is 16.5. The van der Waals surface area contributed by atoms with E-state index in [1.165, 1.54) is 0 Å². The first kappa shape index (κ1) is 12.4. The summed E-state index contributed by atoms with van der Waals surface area (Å²) in [4.78, 5) is 13.5. The van der Waals surface area contributed by atoms with Crippen molar-refractivity contribution >= 4 is 5.91 Å². The summed E-state index contributed by atoms with van der Waals surface area (Å²) in [6.45, 7) is 3.95. The van der Waals surface area contributed by atoms with Gasteiger partial charge in [-0.1, -0.05) is 0 Å². The fourth-order valence-corrected chi connectivity index (χ4v) is 1.51. The summed E-state index contributed by atoms with van der Waals surface area (Å²) in [5.41, 5.74) is 0. The molecule has 88 valence electrons. The molecule has 2 N–H and O–H groups in total. The van der Waals surface area contributed by atoms with Crippen LogP contribution in [0.15, 0.2) is 0 Å². The van der Waals surface area contributed by atoms with E-state index in [9.17, 15) is 4.79 Å². The molecule has 1 heterocycles. The van der Waals surface area contributed by atoms with Gasteiger partial charge in [0.1, 0.15) is 0 Å². The standard InChI is InChI=1S/C10H21N3O2/c1-11-3-5-13(2)10(14)7-9-8-12-4-6-15-9/h9,11-12H,3-8H2,1-2H3. The Morgan fingerprint density at radius 1 is 1.67 bits per heavy atom. The van der Waals surface area contributed by atoms with Crippen LogP contribution in [0.25, 0.3) is 0 Å². The van der Waals surface area contributed by atoms with Gasteiger partial charge in [0.2, 0.25) is 5.91 Å². The second-order valence-corrected chi connectivity index (χ2v) is 3.82. The van der Waals surface area contributed by atoms with E-state index in [1.807, 2.05) is 14.1 Å². The molecule has 0 aromatic carbocycles. The minimum absolute atomic E-state index is 0.0447. The first-order chi connectivity index (χ1) is 7.24. The first-order valence-electron chi connectivity index (χ1n) is 5.45. The normalized spacial score (nSPS) is 21.3. The molecule has 1 unspecified atom stereocenters.